The van der Waals surface area contributed by atoms with Crippen LogP contribution in [0.2, 0.25) is 0 Å². The molecule has 1 aromatic rings. The van der Waals surface area contributed by atoms with Crippen LogP contribution in [-0.2, 0) is 11.5 Å². The number of methoxy groups -OCH3 is 1. The highest BCUT2D eigenvalue weighted by atomic mass is 32.2. The fraction of sp³-hybridized carbons (Fsp3) is 0.556. The number of nitrogens with zero attached hydrogens (tertiary/aromatic N) is 2. The number of ether oxygens (including phenoxy) is 1. The summed E-state index contributed by atoms with van der Waals surface area (Å²) < 4.78 is 5.24. The third kappa shape index (κ3) is 2.15. The van der Waals surface area contributed by atoms with Gasteiger partial charge in [0.1, 0.15) is 0 Å². The number of hydrogen-bond donors (Lipinski definition) is 2. The van der Waals surface area contributed by atoms with Crippen molar-refractivity contribution in [2.45, 2.75) is 11.5 Å². The van der Waals surface area contributed by atoms with Gasteiger partial charge in [-0.3, -0.25) is 0 Å². The zero-order valence-corrected chi connectivity index (χ0v) is 9.43. The quantitative estimate of drug-likeness (QED) is 0.783. The van der Waals surface area contributed by atoms with E-state index in [1.807, 2.05) is 11.8 Å². The highest BCUT2D eigenvalue weighted by Gasteiger charge is 2.20. The predicted octanol–water partition coefficient (Wildman–Crippen LogP) is 0.603. The molecule has 3 N–H and O–H groups in total. The number of thioether (sulfide) groups is 1. The van der Waals surface area contributed by atoms with E-state index in [1.165, 1.54) is 0 Å². The van der Waals surface area contributed by atoms with E-state index in [0.717, 1.165) is 22.8 Å². The van der Waals surface area contributed by atoms with Crippen molar-refractivity contribution in [3.8, 4) is 5.88 Å². The molecule has 1 aliphatic heterocycles. The highest BCUT2D eigenvalue weighted by molar-refractivity contribution is 7.98. The molecule has 0 bridgehead atoms. The largest absolute Gasteiger partial charge is 0.481 e. The molecule has 0 fully saturated rings. The van der Waals surface area contributed by atoms with Crippen LogP contribution in [0.3, 0.4) is 0 Å². The Kier molecular flexibility index (Phi) is 3.27. The lowest BCUT2D eigenvalue weighted by Gasteiger charge is -2.08. The molecule has 1 aromatic heterocycles. The van der Waals surface area contributed by atoms with E-state index < -0.39 is 0 Å². The summed E-state index contributed by atoms with van der Waals surface area (Å²) in [4.78, 5) is 8.71. The average molecular weight is 226 g/mol. The molecule has 6 heteroatoms. The van der Waals surface area contributed by atoms with Gasteiger partial charge in [-0.1, -0.05) is 0 Å². The van der Waals surface area contributed by atoms with E-state index in [1.54, 1.807) is 7.11 Å². The molecule has 0 amide bonds. The van der Waals surface area contributed by atoms with Crippen molar-refractivity contribution in [2.75, 3.05) is 25.5 Å². The SMILES string of the molecule is COc1nc(NCCN)nc2c1CSC2. The van der Waals surface area contributed by atoms with Crippen LogP contribution >= 0.6 is 11.8 Å². The summed E-state index contributed by atoms with van der Waals surface area (Å²) in [6.45, 7) is 1.24. The average Bonchev–Trinajstić information content (AvgIpc) is 2.73. The lowest BCUT2D eigenvalue weighted by Crippen LogP contribution is -2.15. The van der Waals surface area contributed by atoms with E-state index in [4.69, 9.17) is 10.5 Å². The van der Waals surface area contributed by atoms with E-state index in [-0.39, 0.29) is 0 Å². The van der Waals surface area contributed by atoms with Crippen LogP contribution in [0.1, 0.15) is 11.3 Å². The number of nitrogens with one attached hydrogen (secondary N) is 1. The number of aromatic nitrogens is 2. The van der Waals surface area contributed by atoms with Gasteiger partial charge in [0, 0.05) is 30.2 Å². The molecule has 0 atom stereocenters. The van der Waals surface area contributed by atoms with Crippen molar-refractivity contribution in [1.82, 2.24) is 9.97 Å². The first kappa shape index (κ1) is 10.5. The Morgan fingerprint density at radius 3 is 3.07 bits per heavy atom. The molecular formula is C9H14N4OS. The second kappa shape index (κ2) is 4.67. The minimum absolute atomic E-state index is 0.567. The lowest BCUT2D eigenvalue weighted by molar-refractivity contribution is 0.393. The molecule has 0 saturated heterocycles. The Bertz CT molecular complexity index is 358. The zero-order valence-electron chi connectivity index (χ0n) is 8.62. The van der Waals surface area contributed by atoms with Gasteiger partial charge in [0.2, 0.25) is 11.8 Å². The Balaban J connectivity index is 2.26. The summed E-state index contributed by atoms with van der Waals surface area (Å²) in [6.07, 6.45) is 0. The molecule has 2 heterocycles. The summed E-state index contributed by atoms with van der Waals surface area (Å²) in [5.74, 6) is 3.17. The van der Waals surface area contributed by atoms with E-state index in [2.05, 4.69) is 15.3 Å². The van der Waals surface area contributed by atoms with Crippen LogP contribution in [0.15, 0.2) is 0 Å². The molecule has 0 saturated carbocycles. The molecule has 0 aromatic carbocycles. The number of hydrogen-bond acceptors (Lipinski definition) is 6. The Labute approximate surface area is 92.8 Å². The van der Waals surface area contributed by atoms with Gasteiger partial charge in [0.05, 0.1) is 12.8 Å². The summed E-state index contributed by atoms with van der Waals surface area (Å²) in [6, 6.07) is 0. The third-order valence-electron chi connectivity index (χ3n) is 2.16. The minimum atomic E-state index is 0.567. The predicted molar refractivity (Wildman–Crippen MR) is 61.1 cm³/mol. The van der Waals surface area contributed by atoms with Gasteiger partial charge in [-0.2, -0.15) is 16.7 Å². The second-order valence-electron chi connectivity index (χ2n) is 3.19. The molecule has 0 radical (unpaired) electrons. The van der Waals surface area contributed by atoms with Gasteiger partial charge >= 0.3 is 0 Å². The van der Waals surface area contributed by atoms with Crippen LogP contribution in [0.25, 0.3) is 0 Å². The van der Waals surface area contributed by atoms with Gasteiger partial charge in [0.25, 0.3) is 0 Å². The maximum Gasteiger partial charge on any atom is 0.226 e. The van der Waals surface area contributed by atoms with Gasteiger partial charge in [0.15, 0.2) is 0 Å². The highest BCUT2D eigenvalue weighted by Crippen LogP contribution is 2.34. The minimum Gasteiger partial charge on any atom is -0.481 e. The summed E-state index contributed by atoms with van der Waals surface area (Å²) in [5, 5.41) is 3.06. The Morgan fingerprint density at radius 2 is 2.33 bits per heavy atom. The van der Waals surface area contributed by atoms with Crippen LogP contribution in [0, 0.1) is 0 Å². The van der Waals surface area contributed by atoms with Crippen LogP contribution in [0.5, 0.6) is 5.88 Å². The monoisotopic (exact) mass is 226 g/mol. The maximum atomic E-state index is 5.41. The van der Waals surface area contributed by atoms with Crippen molar-refractivity contribution in [1.29, 1.82) is 0 Å². The van der Waals surface area contributed by atoms with Crippen molar-refractivity contribution in [3.05, 3.63) is 11.3 Å². The van der Waals surface area contributed by atoms with E-state index >= 15 is 0 Å². The molecule has 82 valence electrons. The Morgan fingerprint density at radius 1 is 1.47 bits per heavy atom. The summed E-state index contributed by atoms with van der Waals surface area (Å²) in [5.41, 5.74) is 7.61. The molecule has 2 rings (SSSR count). The maximum absolute atomic E-state index is 5.41. The topological polar surface area (TPSA) is 73.1 Å². The van der Waals surface area contributed by atoms with Gasteiger partial charge in [-0.05, 0) is 0 Å². The zero-order chi connectivity index (χ0) is 10.7. The van der Waals surface area contributed by atoms with Crippen molar-refractivity contribution in [3.63, 3.8) is 0 Å². The van der Waals surface area contributed by atoms with Gasteiger partial charge in [-0.15, -0.1) is 0 Å². The van der Waals surface area contributed by atoms with Crippen molar-refractivity contribution in [2.24, 2.45) is 5.73 Å². The van der Waals surface area contributed by atoms with Crippen LogP contribution in [-0.4, -0.2) is 30.2 Å². The standard InChI is InChI=1S/C9H14N4OS/c1-14-8-6-4-15-5-7(6)12-9(13-8)11-3-2-10/h2-5,10H2,1H3,(H,11,12,13). The number of fused-ring (bicyclic) bond motifs is 1. The molecule has 0 spiro atoms. The molecule has 15 heavy (non-hydrogen) atoms. The third-order valence-corrected chi connectivity index (χ3v) is 3.13. The van der Waals surface area contributed by atoms with E-state index in [0.29, 0.717) is 24.9 Å². The van der Waals surface area contributed by atoms with Crippen molar-refractivity contribution < 1.29 is 4.74 Å². The first-order chi connectivity index (χ1) is 7.35. The summed E-state index contributed by atoms with van der Waals surface area (Å²) >= 11 is 1.83. The van der Waals surface area contributed by atoms with Gasteiger partial charge < -0.3 is 15.8 Å². The van der Waals surface area contributed by atoms with Crippen LogP contribution < -0.4 is 15.8 Å². The Hall–Kier alpha value is -1.01. The van der Waals surface area contributed by atoms with E-state index in [9.17, 15) is 0 Å². The lowest BCUT2D eigenvalue weighted by atomic mass is 10.2. The number of nitrogens with two attached hydrogens (primary N) is 1. The summed E-state index contributed by atoms with van der Waals surface area (Å²) in [7, 11) is 1.64. The number of rotatable bonds is 4. The van der Waals surface area contributed by atoms with Crippen molar-refractivity contribution >= 4 is 17.7 Å². The number of anilines is 1. The van der Waals surface area contributed by atoms with Gasteiger partial charge in [-0.25, -0.2) is 4.98 Å². The smallest absolute Gasteiger partial charge is 0.226 e. The first-order valence-corrected chi connectivity index (χ1v) is 5.96. The normalized spacial score (nSPS) is 13.7. The van der Waals surface area contributed by atoms with Crippen LogP contribution in [0.4, 0.5) is 5.95 Å². The first-order valence-electron chi connectivity index (χ1n) is 4.80. The molecule has 1 aliphatic rings. The fourth-order valence-electron chi connectivity index (χ4n) is 1.45. The molecular weight excluding hydrogens is 212 g/mol. The molecule has 0 aliphatic carbocycles. The fourth-order valence-corrected chi connectivity index (χ4v) is 2.48. The molecule has 5 nitrogen and oxygen atoms in total. The second-order valence-corrected chi connectivity index (χ2v) is 4.18. The molecule has 0 unspecified atom stereocenters.